The fourth-order valence-electron chi connectivity index (χ4n) is 7.22. The quantitative estimate of drug-likeness (QED) is 0.150. The Kier molecular flexibility index (Phi) is 8.72. The lowest BCUT2D eigenvalue weighted by Crippen LogP contribution is -2.32. The molecule has 0 unspecified atom stereocenters. The summed E-state index contributed by atoms with van der Waals surface area (Å²) >= 11 is 6.04. The van der Waals surface area contributed by atoms with E-state index in [0.29, 0.717) is 74.5 Å². The van der Waals surface area contributed by atoms with Crippen LogP contribution in [0, 0.1) is 24.4 Å². The maximum atomic E-state index is 16.2. The summed E-state index contributed by atoms with van der Waals surface area (Å²) < 4.78 is 63.5. The monoisotopic (exact) mass is 788 g/mol. The van der Waals surface area contributed by atoms with E-state index in [1.54, 1.807) is 81.0 Å². The van der Waals surface area contributed by atoms with Crippen molar-refractivity contribution in [3.05, 3.63) is 148 Å². The number of anilines is 1. The summed E-state index contributed by atoms with van der Waals surface area (Å²) in [7, 11) is 0. The minimum absolute atomic E-state index is 0.116. The number of H-pyrrole nitrogens is 1. The lowest BCUT2D eigenvalue weighted by atomic mass is 10.00. The topological polar surface area (TPSA) is 125 Å². The predicted molar refractivity (Wildman–Crippen MR) is 208 cm³/mol. The van der Waals surface area contributed by atoms with E-state index in [1.165, 1.54) is 18.3 Å². The van der Waals surface area contributed by atoms with Crippen molar-refractivity contribution in [2.75, 3.05) is 5.32 Å². The first kappa shape index (κ1) is 36.0. The Hall–Kier alpha value is -6.67. The molecule has 4 aromatic heterocycles. The predicted octanol–water partition coefficient (Wildman–Crippen LogP) is 9.11. The molecule has 9 rings (SSSR count). The highest BCUT2D eigenvalue weighted by Crippen LogP contribution is 2.49. The lowest BCUT2D eigenvalue weighted by Gasteiger charge is -2.22. The zero-order valence-corrected chi connectivity index (χ0v) is 31.5. The average Bonchev–Trinajstić information content (AvgIpc) is 3.97. The number of carbonyl (C=O) groups is 1. The number of aryl methyl sites for hydroxylation is 2. The van der Waals surface area contributed by atoms with Gasteiger partial charge in [0.1, 0.15) is 34.5 Å². The second-order valence-corrected chi connectivity index (χ2v) is 14.3. The van der Waals surface area contributed by atoms with Gasteiger partial charge in [0.15, 0.2) is 11.5 Å². The van der Waals surface area contributed by atoms with Gasteiger partial charge in [-0.1, -0.05) is 23.7 Å². The van der Waals surface area contributed by atoms with Gasteiger partial charge in [-0.2, -0.15) is 5.10 Å². The summed E-state index contributed by atoms with van der Waals surface area (Å²) in [6, 6.07) is 18.9. The lowest BCUT2D eigenvalue weighted by molar-refractivity contribution is -0.0715. The Morgan fingerprint density at radius 2 is 1.81 bits per heavy atom. The second-order valence-electron chi connectivity index (χ2n) is 13.9. The number of rotatable bonds is 9. The van der Waals surface area contributed by atoms with Gasteiger partial charge in [-0.3, -0.25) is 14.9 Å². The summed E-state index contributed by atoms with van der Waals surface area (Å²) in [5, 5.41) is 10.5. The molecule has 1 aliphatic rings. The van der Waals surface area contributed by atoms with E-state index in [-0.39, 0.29) is 28.6 Å². The molecule has 0 bridgehead atoms. The van der Waals surface area contributed by atoms with Crippen LogP contribution in [-0.2, 0) is 25.3 Å². The van der Waals surface area contributed by atoms with Gasteiger partial charge in [0, 0.05) is 60.0 Å². The number of imidazole rings is 2. The highest BCUT2D eigenvalue weighted by molar-refractivity contribution is 6.30. The molecule has 8 aromatic rings. The fourth-order valence-corrected chi connectivity index (χ4v) is 7.34. The van der Waals surface area contributed by atoms with E-state index in [9.17, 15) is 9.18 Å². The average molecular weight is 789 g/mol. The Labute approximate surface area is 328 Å². The van der Waals surface area contributed by atoms with E-state index in [4.69, 9.17) is 26.1 Å². The highest BCUT2D eigenvalue weighted by atomic mass is 35.5. The molecule has 1 amide bonds. The normalized spacial score (nSPS) is 14.9. The molecular weight excluding hydrogens is 757 g/mol. The maximum absolute atomic E-state index is 16.2. The van der Waals surface area contributed by atoms with Gasteiger partial charge in [-0.25, -0.2) is 23.1 Å². The van der Waals surface area contributed by atoms with Crippen molar-refractivity contribution in [3.8, 4) is 22.6 Å². The highest BCUT2D eigenvalue weighted by Gasteiger charge is 2.41. The third-order valence-corrected chi connectivity index (χ3v) is 10.4. The number of halogens is 4. The molecule has 2 N–H and O–H groups in total. The number of nitrogens with one attached hydrogen (secondary N) is 2. The number of ether oxygens (including phenoxy) is 2. The first-order valence-electron chi connectivity index (χ1n) is 18.0. The molecule has 0 spiro atoms. The number of nitrogens with zero attached hydrogens (tertiary/aromatic N) is 6. The number of aromatic nitrogens is 7. The fraction of sp³-hybridized carbons (Fsp3) is 0.167. The number of hydrogen-bond donors (Lipinski definition) is 2. The van der Waals surface area contributed by atoms with Crippen molar-refractivity contribution in [1.29, 1.82) is 0 Å². The molecule has 0 fully saturated rings. The van der Waals surface area contributed by atoms with Crippen LogP contribution < -0.4 is 14.8 Å². The number of para-hydroxylation sites is 1. The summed E-state index contributed by atoms with van der Waals surface area (Å²) in [5.41, 5.74) is 4.29. The van der Waals surface area contributed by atoms with E-state index in [1.807, 2.05) is 16.1 Å². The zero-order valence-electron chi connectivity index (χ0n) is 30.7. The molecule has 1 atom stereocenters. The van der Waals surface area contributed by atoms with Crippen molar-refractivity contribution < 1.29 is 27.4 Å². The number of aromatic amines is 1. The minimum atomic E-state index is -1.29. The first-order valence-corrected chi connectivity index (χ1v) is 18.4. The SMILES string of the molecule is CCn1cncc1Cn1c(Cc2c(F)cc(-c3cccc4c3O[C@](C)(c3ccc(Cl)cn3)O4)cc2F)nc2cc(NC(=O)c3cc(F)c4[nH]nc(C)c4c3)ccc21. The molecule has 5 heterocycles. The Morgan fingerprint density at radius 1 is 0.982 bits per heavy atom. The third kappa shape index (κ3) is 6.41. The van der Waals surface area contributed by atoms with Gasteiger partial charge in [0.05, 0.1) is 40.3 Å². The molecule has 0 aliphatic carbocycles. The number of fused-ring (bicyclic) bond motifs is 3. The van der Waals surface area contributed by atoms with Crippen molar-refractivity contribution in [2.45, 2.75) is 46.1 Å². The molecule has 4 aromatic carbocycles. The summed E-state index contributed by atoms with van der Waals surface area (Å²) in [5.74, 6) is -2.86. The minimum Gasteiger partial charge on any atom is -0.443 e. The molecule has 57 heavy (non-hydrogen) atoms. The van der Waals surface area contributed by atoms with Crippen molar-refractivity contribution in [1.82, 2.24) is 34.3 Å². The molecular formula is C42H32ClF3N8O3. The number of carbonyl (C=O) groups excluding carboxylic acids is 1. The molecule has 11 nitrogen and oxygen atoms in total. The van der Waals surface area contributed by atoms with Gasteiger partial charge in [-0.05, 0) is 80.1 Å². The van der Waals surface area contributed by atoms with Crippen LogP contribution in [-0.4, -0.2) is 40.2 Å². The number of pyridine rings is 1. The van der Waals surface area contributed by atoms with E-state index >= 15 is 8.78 Å². The largest absolute Gasteiger partial charge is 0.443 e. The Morgan fingerprint density at radius 3 is 2.58 bits per heavy atom. The van der Waals surface area contributed by atoms with Crippen molar-refractivity contribution in [2.24, 2.45) is 0 Å². The van der Waals surface area contributed by atoms with Gasteiger partial charge in [-0.15, -0.1) is 0 Å². The van der Waals surface area contributed by atoms with Gasteiger partial charge in [0.2, 0.25) is 0 Å². The van der Waals surface area contributed by atoms with Gasteiger partial charge < -0.3 is 23.9 Å². The van der Waals surface area contributed by atoms with Crippen molar-refractivity contribution in [3.63, 3.8) is 0 Å². The maximum Gasteiger partial charge on any atom is 0.292 e. The number of hydrogen-bond acceptors (Lipinski definition) is 7. The third-order valence-electron chi connectivity index (χ3n) is 10.2. The van der Waals surface area contributed by atoms with Crippen LogP contribution in [0.3, 0.4) is 0 Å². The summed E-state index contributed by atoms with van der Waals surface area (Å²) in [6.45, 7) is 6.39. The van der Waals surface area contributed by atoms with E-state index in [0.717, 1.165) is 11.8 Å². The second kappa shape index (κ2) is 13.8. The van der Waals surface area contributed by atoms with Crippen LogP contribution >= 0.6 is 11.6 Å². The summed E-state index contributed by atoms with van der Waals surface area (Å²) in [4.78, 5) is 26.8. The summed E-state index contributed by atoms with van der Waals surface area (Å²) in [6.07, 6.45) is 4.75. The van der Waals surface area contributed by atoms with Crippen LogP contribution in [0.1, 0.15) is 52.7 Å². The molecule has 286 valence electrons. The van der Waals surface area contributed by atoms with Gasteiger partial charge in [0.25, 0.3) is 11.7 Å². The molecule has 0 radical (unpaired) electrons. The smallest absolute Gasteiger partial charge is 0.292 e. The van der Waals surface area contributed by atoms with Gasteiger partial charge >= 0.3 is 0 Å². The molecule has 0 saturated carbocycles. The standard InChI is InChI=1S/C42H32ClF3N8O3/c1-4-53-21-47-19-27(53)20-54-35-10-9-26(49-41(55)24-12-29-22(2)51-52-39(29)33(46)15-24)16-34(35)50-38(54)17-30-31(44)13-23(14-32(30)45)28-6-5-7-36-40(28)57-42(3,56-36)37-11-8-25(43)18-48-37/h5-16,18-19,21H,4,17,20H2,1-3H3,(H,49,55)(H,51,52)/t42-/m1/s1. The molecule has 0 saturated heterocycles. The Balaban J connectivity index is 1.04. The molecule has 1 aliphatic heterocycles. The van der Waals surface area contributed by atoms with Crippen LogP contribution in [0.2, 0.25) is 5.02 Å². The van der Waals surface area contributed by atoms with Crippen molar-refractivity contribution >= 4 is 45.1 Å². The van der Waals surface area contributed by atoms with E-state index < -0.39 is 29.1 Å². The van der Waals surface area contributed by atoms with Crippen LogP contribution in [0.15, 0.2) is 91.5 Å². The first-order chi connectivity index (χ1) is 27.5. The van der Waals surface area contributed by atoms with Crippen LogP contribution in [0.25, 0.3) is 33.1 Å². The molecule has 15 heteroatoms. The number of benzene rings is 4. The Bertz CT molecular complexity index is 2870. The van der Waals surface area contributed by atoms with E-state index in [2.05, 4.69) is 25.5 Å². The zero-order chi connectivity index (χ0) is 39.6. The van der Waals surface area contributed by atoms with Crippen LogP contribution in [0.5, 0.6) is 11.5 Å². The van der Waals surface area contributed by atoms with Crippen LogP contribution in [0.4, 0.5) is 18.9 Å². The number of amides is 1.